The molecule has 6 atom stereocenters. The van der Waals surface area contributed by atoms with Gasteiger partial charge in [0.1, 0.15) is 48.1 Å². The number of carbonyl (C=O) groups is 1. The number of hydrogen-bond acceptors (Lipinski definition) is 11. The highest BCUT2D eigenvalue weighted by molar-refractivity contribution is 6.07. The first-order valence-corrected chi connectivity index (χ1v) is 10.1. The van der Waals surface area contributed by atoms with Crippen molar-refractivity contribution in [2.75, 3.05) is 20.3 Å². The Morgan fingerprint density at radius 2 is 1.76 bits per heavy atom. The Hall–Kier alpha value is -3.09. The van der Waals surface area contributed by atoms with Gasteiger partial charge in [-0.1, -0.05) is 12.1 Å². The number of aliphatic hydroxyl groups excluding tert-OH is 4. The number of Topliss-reactive ketones (excluding diaryl/α,β-unsaturated/α-hetero) is 1. The van der Waals surface area contributed by atoms with Gasteiger partial charge in [-0.3, -0.25) is 4.79 Å². The van der Waals surface area contributed by atoms with Gasteiger partial charge in [-0.15, -0.1) is 0 Å². The minimum Gasteiger partial charge on any atom is -0.504 e. The Morgan fingerprint density at radius 1 is 1.06 bits per heavy atom. The van der Waals surface area contributed by atoms with Crippen LogP contribution in [-0.2, 0) is 4.74 Å². The molecule has 0 saturated carbocycles. The van der Waals surface area contributed by atoms with Crippen LogP contribution in [0.15, 0.2) is 30.3 Å². The van der Waals surface area contributed by atoms with Crippen LogP contribution in [0.2, 0.25) is 0 Å². The number of methoxy groups -OCH3 is 1. The molecule has 0 aliphatic carbocycles. The highest BCUT2D eigenvalue weighted by Gasteiger charge is 2.44. The molecule has 2 aliphatic heterocycles. The van der Waals surface area contributed by atoms with Crippen LogP contribution in [0.4, 0.5) is 0 Å². The maximum atomic E-state index is 13.1. The molecule has 0 unspecified atom stereocenters. The van der Waals surface area contributed by atoms with Gasteiger partial charge in [0.15, 0.2) is 17.3 Å². The molecule has 11 nitrogen and oxygen atoms in total. The molecule has 2 heterocycles. The van der Waals surface area contributed by atoms with Gasteiger partial charge in [-0.05, 0) is 17.7 Å². The third-order valence-electron chi connectivity index (χ3n) is 5.75. The smallest absolute Gasteiger partial charge is 0.229 e. The van der Waals surface area contributed by atoms with Crippen molar-refractivity contribution in [3.8, 4) is 28.7 Å². The van der Waals surface area contributed by atoms with Crippen LogP contribution in [-0.4, -0.2) is 87.5 Å². The number of ketones is 1. The zero-order valence-electron chi connectivity index (χ0n) is 17.5. The fourth-order valence-electron chi connectivity index (χ4n) is 3.91. The summed E-state index contributed by atoms with van der Waals surface area (Å²) in [5.41, 5.74) is 0.459. The highest BCUT2D eigenvalue weighted by Crippen LogP contribution is 2.47. The topological polar surface area (TPSA) is 175 Å². The number of ether oxygens (including phenoxy) is 4. The molecular weight excluding hydrogens is 440 g/mol. The summed E-state index contributed by atoms with van der Waals surface area (Å²) < 4.78 is 21.4. The van der Waals surface area contributed by atoms with Gasteiger partial charge in [-0.2, -0.15) is 0 Å². The van der Waals surface area contributed by atoms with Gasteiger partial charge in [-0.25, -0.2) is 0 Å². The van der Waals surface area contributed by atoms with E-state index in [0.717, 1.165) is 0 Å². The molecule has 0 aromatic heterocycles. The van der Waals surface area contributed by atoms with E-state index >= 15 is 0 Å². The van der Waals surface area contributed by atoms with E-state index < -0.39 is 54.8 Å². The van der Waals surface area contributed by atoms with Crippen LogP contribution >= 0.6 is 0 Å². The van der Waals surface area contributed by atoms with Crippen molar-refractivity contribution in [1.29, 1.82) is 0 Å². The van der Waals surface area contributed by atoms with Crippen LogP contribution in [0.3, 0.4) is 0 Å². The van der Waals surface area contributed by atoms with Gasteiger partial charge in [0.25, 0.3) is 0 Å². The Morgan fingerprint density at radius 3 is 2.39 bits per heavy atom. The summed E-state index contributed by atoms with van der Waals surface area (Å²) in [7, 11) is 1.25. The number of fused-ring (bicyclic) bond motifs is 1. The Balaban J connectivity index is 1.52. The van der Waals surface area contributed by atoms with E-state index in [1.807, 2.05) is 0 Å². The van der Waals surface area contributed by atoms with Crippen LogP contribution in [0, 0.1) is 0 Å². The number of hydrogen-bond donors (Lipinski definition) is 6. The molecule has 2 aromatic carbocycles. The van der Waals surface area contributed by atoms with Crippen molar-refractivity contribution in [3.63, 3.8) is 0 Å². The Kier molecular flexibility index (Phi) is 6.32. The maximum Gasteiger partial charge on any atom is 0.229 e. The molecule has 0 bridgehead atoms. The van der Waals surface area contributed by atoms with E-state index in [4.69, 9.17) is 18.9 Å². The molecule has 1 saturated heterocycles. The van der Waals surface area contributed by atoms with Crippen molar-refractivity contribution in [1.82, 2.24) is 0 Å². The lowest BCUT2D eigenvalue weighted by Crippen LogP contribution is -2.60. The predicted molar refractivity (Wildman–Crippen MR) is 110 cm³/mol. The molecule has 0 amide bonds. The van der Waals surface area contributed by atoms with E-state index in [9.17, 15) is 35.4 Å². The maximum absolute atomic E-state index is 13.1. The van der Waals surface area contributed by atoms with Gasteiger partial charge in [0.05, 0.1) is 19.6 Å². The quantitative estimate of drug-likeness (QED) is 0.341. The fraction of sp³-hybridized carbons (Fsp3) is 0.409. The zero-order chi connectivity index (χ0) is 23.9. The lowest BCUT2D eigenvalue weighted by atomic mass is 9.88. The molecule has 4 rings (SSSR count). The number of phenolic OH excluding ortho intramolecular Hbond substituents is 2. The van der Waals surface area contributed by atoms with Crippen LogP contribution in [0.1, 0.15) is 21.8 Å². The zero-order valence-corrected chi connectivity index (χ0v) is 17.5. The third kappa shape index (κ3) is 4.05. The van der Waals surface area contributed by atoms with Crippen molar-refractivity contribution in [2.45, 2.75) is 36.6 Å². The first-order chi connectivity index (χ1) is 15.8. The van der Waals surface area contributed by atoms with Crippen molar-refractivity contribution >= 4 is 5.78 Å². The molecule has 33 heavy (non-hydrogen) atoms. The summed E-state index contributed by atoms with van der Waals surface area (Å²) in [5, 5.41) is 59.4. The molecule has 6 N–H and O–H groups in total. The summed E-state index contributed by atoms with van der Waals surface area (Å²) >= 11 is 0. The molecule has 0 radical (unpaired) electrons. The third-order valence-corrected chi connectivity index (χ3v) is 5.75. The number of phenols is 2. The lowest BCUT2D eigenvalue weighted by molar-refractivity contribution is -0.277. The van der Waals surface area contributed by atoms with Crippen molar-refractivity contribution < 1.29 is 54.4 Å². The van der Waals surface area contributed by atoms with Gasteiger partial charge >= 0.3 is 0 Å². The highest BCUT2D eigenvalue weighted by atomic mass is 16.7. The Labute approximate surface area is 188 Å². The number of benzene rings is 2. The average Bonchev–Trinajstić information content (AvgIpc) is 2.80. The van der Waals surface area contributed by atoms with E-state index in [1.54, 1.807) is 12.1 Å². The molecule has 1 fully saturated rings. The van der Waals surface area contributed by atoms with Crippen LogP contribution in [0.25, 0.3) is 0 Å². The lowest BCUT2D eigenvalue weighted by Gasteiger charge is -2.39. The molecular formula is C22H24O11. The summed E-state index contributed by atoms with van der Waals surface area (Å²) in [6, 6.07) is 7.41. The summed E-state index contributed by atoms with van der Waals surface area (Å²) in [6.45, 7) is -0.603. The first-order valence-electron chi connectivity index (χ1n) is 10.1. The summed E-state index contributed by atoms with van der Waals surface area (Å²) in [6.07, 6.45) is -7.06. The predicted octanol–water partition coefficient (Wildman–Crippen LogP) is -0.356. The molecule has 11 heteroatoms. The van der Waals surface area contributed by atoms with E-state index in [-0.39, 0.29) is 35.2 Å². The minimum atomic E-state index is -1.57. The second-order valence-electron chi connectivity index (χ2n) is 7.76. The van der Waals surface area contributed by atoms with Gasteiger partial charge in [0.2, 0.25) is 12.0 Å². The Bertz CT molecular complexity index is 1020. The molecule has 178 valence electrons. The first kappa shape index (κ1) is 23.1. The second-order valence-corrected chi connectivity index (χ2v) is 7.76. The number of aliphatic hydroxyl groups is 4. The van der Waals surface area contributed by atoms with E-state index in [0.29, 0.717) is 5.56 Å². The largest absolute Gasteiger partial charge is 0.504 e. The monoisotopic (exact) mass is 464 g/mol. The van der Waals surface area contributed by atoms with Gasteiger partial charge < -0.3 is 49.6 Å². The number of aromatic hydroxyl groups is 2. The molecule has 2 aliphatic rings. The average molecular weight is 464 g/mol. The molecule has 0 spiro atoms. The van der Waals surface area contributed by atoms with Crippen molar-refractivity contribution in [2.24, 2.45) is 0 Å². The fourth-order valence-corrected chi connectivity index (χ4v) is 3.91. The molecule has 2 aromatic rings. The number of rotatable bonds is 5. The second kappa shape index (κ2) is 9.04. The van der Waals surface area contributed by atoms with Gasteiger partial charge in [0, 0.05) is 6.07 Å². The number of carbonyl (C=O) groups excluding carboxylic acids is 1. The standard InChI is InChI=1S/C22H24O11/c1-30-21-12(24)6-13-15(18(21)27)16(25)11(8-31-13)9-2-4-10(5-3-9)32-22-20(29)19(28)17(26)14(7-23)33-22/h2-6,11,14,17,19-20,22-24,26-29H,7-8H2,1H3/t11-,14-,17-,19+,20-,22-/m1/s1. The van der Waals surface area contributed by atoms with Crippen LogP contribution in [0.5, 0.6) is 28.7 Å². The summed E-state index contributed by atoms with van der Waals surface area (Å²) in [4.78, 5) is 13.1. The SMILES string of the molecule is COc1c(O)cc2c(c1O)C(=O)[C@@H](c1ccc(O[C@@H]3O[C@H](CO)[C@@H](O)[C@H](O)[C@H]3O)cc1)CO2. The normalized spacial score (nSPS) is 29.2. The van der Waals surface area contributed by atoms with Crippen LogP contribution < -0.4 is 14.2 Å². The van der Waals surface area contributed by atoms with E-state index in [2.05, 4.69) is 0 Å². The minimum absolute atomic E-state index is 0.0239. The van der Waals surface area contributed by atoms with E-state index in [1.165, 1.54) is 25.3 Å². The van der Waals surface area contributed by atoms with Crippen molar-refractivity contribution in [3.05, 3.63) is 41.5 Å². The summed E-state index contributed by atoms with van der Waals surface area (Å²) in [5.74, 6) is -1.97.